The molecule has 0 saturated carbocycles. The average Bonchev–Trinajstić information content (AvgIpc) is 2.46. The van der Waals surface area contributed by atoms with Gasteiger partial charge >= 0.3 is 0 Å². The number of para-hydroxylation sites is 1. The smallest absolute Gasteiger partial charge is 0.279 e. The highest BCUT2D eigenvalue weighted by atomic mass is 35.5. The van der Waals surface area contributed by atoms with Crippen LogP contribution in [0.25, 0.3) is 0 Å². The molecule has 0 aliphatic rings. The average molecular weight is 360 g/mol. The van der Waals surface area contributed by atoms with E-state index in [2.05, 4.69) is 5.32 Å². The van der Waals surface area contributed by atoms with Crippen molar-refractivity contribution >= 4 is 34.8 Å². The number of hydrogen-bond donors (Lipinski definition) is 2. The lowest BCUT2D eigenvalue weighted by Gasteiger charge is -2.15. The van der Waals surface area contributed by atoms with Crippen molar-refractivity contribution in [2.24, 2.45) is 0 Å². The Bertz CT molecular complexity index is 705. The van der Waals surface area contributed by atoms with E-state index >= 15 is 0 Å². The molecular weight excluding hydrogens is 345 g/mol. The summed E-state index contributed by atoms with van der Waals surface area (Å²) in [6.45, 7) is 0.510. The van der Waals surface area contributed by atoms with Gasteiger partial charge in [0.05, 0.1) is 12.1 Å². The van der Waals surface area contributed by atoms with E-state index in [-0.39, 0.29) is 6.54 Å². The Morgan fingerprint density at radius 1 is 1.17 bits per heavy atom. The second kappa shape index (κ2) is 7.73. The van der Waals surface area contributed by atoms with Gasteiger partial charge < -0.3 is 10.2 Å². The summed E-state index contributed by atoms with van der Waals surface area (Å²) >= 11 is 11.9. The lowest BCUT2D eigenvalue weighted by atomic mass is 10.2. The van der Waals surface area contributed by atoms with E-state index in [0.717, 1.165) is 22.6 Å². The van der Waals surface area contributed by atoms with Gasteiger partial charge in [-0.3, -0.25) is 4.79 Å². The second-order valence-electron chi connectivity index (χ2n) is 5.19. The van der Waals surface area contributed by atoms with Crippen LogP contribution in [0.15, 0.2) is 36.4 Å². The van der Waals surface area contributed by atoms with Gasteiger partial charge in [-0.1, -0.05) is 35.3 Å². The van der Waals surface area contributed by atoms with Gasteiger partial charge in [0.2, 0.25) is 0 Å². The Morgan fingerprint density at radius 3 is 2.43 bits per heavy atom. The van der Waals surface area contributed by atoms with Crippen LogP contribution in [0.4, 0.5) is 14.5 Å². The van der Waals surface area contributed by atoms with E-state index in [1.807, 2.05) is 0 Å². The van der Waals surface area contributed by atoms with Gasteiger partial charge in [0.25, 0.3) is 5.91 Å². The monoisotopic (exact) mass is 359 g/mol. The zero-order valence-electron chi connectivity index (χ0n) is 12.3. The highest BCUT2D eigenvalue weighted by molar-refractivity contribution is 6.35. The van der Waals surface area contributed by atoms with Crippen molar-refractivity contribution in [2.45, 2.75) is 6.54 Å². The van der Waals surface area contributed by atoms with Crippen molar-refractivity contribution in [3.8, 4) is 0 Å². The van der Waals surface area contributed by atoms with Gasteiger partial charge in [0, 0.05) is 10.6 Å². The Balaban J connectivity index is 1.97. The molecule has 1 amide bonds. The number of amides is 1. The van der Waals surface area contributed by atoms with Crippen LogP contribution in [0.2, 0.25) is 10.0 Å². The van der Waals surface area contributed by atoms with E-state index in [9.17, 15) is 13.6 Å². The molecule has 122 valence electrons. The Hall–Kier alpha value is -1.69. The highest BCUT2D eigenvalue weighted by Crippen LogP contribution is 2.20. The number of hydrogen-bond acceptors (Lipinski definition) is 1. The van der Waals surface area contributed by atoms with Crippen LogP contribution in [0, 0.1) is 11.6 Å². The van der Waals surface area contributed by atoms with Crippen molar-refractivity contribution in [1.29, 1.82) is 0 Å². The quantitative estimate of drug-likeness (QED) is 0.845. The maximum absolute atomic E-state index is 13.5. The predicted octanol–water partition coefficient (Wildman–Crippen LogP) is 2.93. The van der Waals surface area contributed by atoms with Crippen LogP contribution < -0.4 is 10.2 Å². The molecule has 0 aliphatic carbocycles. The normalized spacial score (nSPS) is 12.0. The van der Waals surface area contributed by atoms with Gasteiger partial charge in [-0.25, -0.2) is 8.78 Å². The molecular formula is C16H15Cl2F2N2O+. The first-order chi connectivity index (χ1) is 10.9. The van der Waals surface area contributed by atoms with Crippen LogP contribution in [-0.2, 0) is 11.3 Å². The largest absolute Gasteiger partial charge is 0.326 e. The number of benzene rings is 2. The number of anilines is 1. The third-order valence-corrected chi connectivity index (χ3v) is 3.78. The first-order valence-electron chi connectivity index (χ1n) is 6.86. The maximum Gasteiger partial charge on any atom is 0.279 e. The van der Waals surface area contributed by atoms with Crippen LogP contribution in [0.5, 0.6) is 0 Å². The molecule has 2 aromatic rings. The summed E-state index contributed by atoms with van der Waals surface area (Å²) < 4.78 is 27.0. The van der Waals surface area contributed by atoms with E-state index in [0.29, 0.717) is 16.6 Å². The topological polar surface area (TPSA) is 33.5 Å². The minimum Gasteiger partial charge on any atom is -0.326 e. The maximum atomic E-state index is 13.5. The molecule has 0 radical (unpaired) electrons. The van der Waals surface area contributed by atoms with Crippen LogP contribution >= 0.6 is 23.2 Å². The summed E-state index contributed by atoms with van der Waals surface area (Å²) in [5, 5.41) is 3.30. The van der Waals surface area contributed by atoms with E-state index in [4.69, 9.17) is 23.2 Å². The summed E-state index contributed by atoms with van der Waals surface area (Å²) in [4.78, 5) is 12.7. The molecule has 2 N–H and O–H groups in total. The standard InChI is InChI=1S/C16H14Cl2F2N2O/c1-22(8-10-5-6-11(17)7-12(10)18)9-15(23)21-16-13(19)3-2-4-14(16)20/h2-7H,8-9H2,1H3,(H,21,23)/p+1. The first-order valence-corrected chi connectivity index (χ1v) is 7.61. The number of likely N-dealkylation sites (N-methyl/N-ethyl adjacent to an activating group) is 1. The lowest BCUT2D eigenvalue weighted by Crippen LogP contribution is -3.08. The third kappa shape index (κ3) is 4.89. The molecule has 1 atom stereocenters. The van der Waals surface area contributed by atoms with E-state index in [1.165, 1.54) is 6.07 Å². The number of quaternary nitrogens is 1. The van der Waals surface area contributed by atoms with Gasteiger partial charge in [-0.05, 0) is 24.3 Å². The number of carbonyl (C=O) groups excluding carboxylic acids is 1. The number of halogens is 4. The molecule has 0 aliphatic heterocycles. The van der Waals surface area contributed by atoms with Crippen molar-refractivity contribution in [1.82, 2.24) is 0 Å². The fourth-order valence-electron chi connectivity index (χ4n) is 2.13. The first kappa shape index (κ1) is 17.7. The van der Waals surface area contributed by atoms with Gasteiger partial charge in [-0.15, -0.1) is 0 Å². The van der Waals surface area contributed by atoms with E-state index < -0.39 is 23.2 Å². The molecule has 0 bridgehead atoms. The van der Waals surface area contributed by atoms with Gasteiger partial charge in [0.15, 0.2) is 6.54 Å². The van der Waals surface area contributed by atoms with Gasteiger partial charge in [-0.2, -0.15) is 0 Å². The summed E-state index contributed by atoms with van der Waals surface area (Å²) in [7, 11) is 1.78. The molecule has 0 spiro atoms. The minimum absolute atomic E-state index is 0.0345. The fourth-order valence-corrected chi connectivity index (χ4v) is 2.60. The molecule has 0 heterocycles. The molecule has 0 saturated heterocycles. The number of nitrogens with one attached hydrogen (secondary N) is 2. The summed E-state index contributed by atoms with van der Waals surface area (Å²) in [5.74, 6) is -2.11. The third-order valence-electron chi connectivity index (χ3n) is 3.20. The molecule has 2 aromatic carbocycles. The van der Waals surface area contributed by atoms with Crippen molar-refractivity contribution in [2.75, 3.05) is 18.9 Å². The predicted molar refractivity (Wildman–Crippen MR) is 86.9 cm³/mol. The summed E-state index contributed by atoms with van der Waals surface area (Å²) in [6.07, 6.45) is 0. The molecule has 23 heavy (non-hydrogen) atoms. The Labute approximate surface area is 142 Å². The summed E-state index contributed by atoms with van der Waals surface area (Å²) in [5.41, 5.74) is 0.397. The van der Waals surface area contributed by atoms with Crippen molar-refractivity contribution in [3.05, 3.63) is 63.6 Å². The molecule has 1 unspecified atom stereocenters. The summed E-state index contributed by atoms with van der Waals surface area (Å²) in [6, 6.07) is 8.53. The fraction of sp³-hybridized carbons (Fsp3) is 0.188. The lowest BCUT2D eigenvalue weighted by molar-refractivity contribution is -0.885. The Morgan fingerprint density at radius 2 is 1.83 bits per heavy atom. The van der Waals surface area contributed by atoms with Gasteiger partial charge in [0.1, 0.15) is 23.9 Å². The van der Waals surface area contributed by atoms with E-state index in [1.54, 1.807) is 25.2 Å². The van der Waals surface area contributed by atoms with Crippen molar-refractivity contribution < 1.29 is 18.5 Å². The molecule has 2 rings (SSSR count). The molecule has 0 fully saturated rings. The number of rotatable bonds is 5. The van der Waals surface area contributed by atoms with Crippen LogP contribution in [-0.4, -0.2) is 19.5 Å². The van der Waals surface area contributed by atoms with Crippen molar-refractivity contribution in [3.63, 3.8) is 0 Å². The van der Waals surface area contributed by atoms with Crippen LogP contribution in [0.3, 0.4) is 0 Å². The molecule has 7 heteroatoms. The molecule has 0 aromatic heterocycles. The second-order valence-corrected chi connectivity index (χ2v) is 6.03. The molecule has 3 nitrogen and oxygen atoms in total. The number of carbonyl (C=O) groups is 1. The SMILES string of the molecule is C[NH+](CC(=O)Nc1c(F)cccc1F)Cc1ccc(Cl)cc1Cl. The zero-order chi connectivity index (χ0) is 17.0. The Kier molecular flexibility index (Phi) is 5.93. The zero-order valence-corrected chi connectivity index (χ0v) is 13.8. The highest BCUT2D eigenvalue weighted by Gasteiger charge is 2.16. The minimum atomic E-state index is -0.809. The van der Waals surface area contributed by atoms with Crippen LogP contribution in [0.1, 0.15) is 5.56 Å².